The zero-order chi connectivity index (χ0) is 15.2. The fourth-order valence-electron chi connectivity index (χ4n) is 2.82. The highest BCUT2D eigenvalue weighted by molar-refractivity contribution is 8.00. The molecule has 2 rings (SSSR count). The van der Waals surface area contributed by atoms with E-state index in [1.54, 1.807) is 0 Å². The third-order valence-electron chi connectivity index (χ3n) is 4.09. The molecule has 1 unspecified atom stereocenters. The van der Waals surface area contributed by atoms with Crippen LogP contribution in [0, 0.1) is 5.92 Å². The van der Waals surface area contributed by atoms with E-state index in [1.165, 1.54) is 18.6 Å². The summed E-state index contributed by atoms with van der Waals surface area (Å²) in [5.41, 5.74) is 0. The van der Waals surface area contributed by atoms with Gasteiger partial charge < -0.3 is 15.1 Å². The number of urea groups is 1. The molecule has 0 aromatic carbocycles. The van der Waals surface area contributed by atoms with E-state index in [4.69, 9.17) is 0 Å². The third kappa shape index (κ3) is 4.80. The van der Waals surface area contributed by atoms with Gasteiger partial charge in [0, 0.05) is 43.9 Å². The maximum atomic E-state index is 12.2. The van der Waals surface area contributed by atoms with Crippen molar-refractivity contribution in [2.45, 2.75) is 38.4 Å². The molecule has 1 atom stereocenters. The Bertz CT molecular complexity index is 370. The second kappa shape index (κ2) is 7.92. The largest absolute Gasteiger partial charge is 0.341 e. The Morgan fingerprint density at radius 3 is 2.52 bits per heavy atom. The number of hydrogen-bond donors (Lipinski definition) is 1. The molecule has 1 N–H and O–H groups in total. The maximum Gasteiger partial charge on any atom is 0.317 e. The Balaban J connectivity index is 1.76. The predicted octanol–water partition coefficient (Wildman–Crippen LogP) is 1.78. The van der Waals surface area contributed by atoms with E-state index in [-0.39, 0.29) is 17.9 Å². The molecule has 6 heteroatoms. The summed E-state index contributed by atoms with van der Waals surface area (Å²) in [5.74, 6) is 1.45. The molecule has 2 aliphatic heterocycles. The van der Waals surface area contributed by atoms with Crippen LogP contribution in [-0.2, 0) is 4.79 Å². The lowest BCUT2D eigenvalue weighted by atomic mass is 10.2. The molecule has 21 heavy (non-hydrogen) atoms. The van der Waals surface area contributed by atoms with Crippen LogP contribution in [0.1, 0.15) is 33.1 Å². The summed E-state index contributed by atoms with van der Waals surface area (Å²) >= 11 is 1.96. The SMILES string of the molecule is CC(C)C(=O)N1CCCN(C(=O)NCC2CCCS2)CC1. The van der Waals surface area contributed by atoms with Crippen LogP contribution < -0.4 is 5.32 Å². The van der Waals surface area contributed by atoms with Gasteiger partial charge in [-0.3, -0.25) is 4.79 Å². The number of rotatable bonds is 3. The minimum Gasteiger partial charge on any atom is -0.341 e. The van der Waals surface area contributed by atoms with Gasteiger partial charge in [0.25, 0.3) is 0 Å². The Morgan fingerprint density at radius 2 is 1.86 bits per heavy atom. The quantitative estimate of drug-likeness (QED) is 0.864. The van der Waals surface area contributed by atoms with Gasteiger partial charge in [0.15, 0.2) is 0 Å². The van der Waals surface area contributed by atoms with Crippen molar-refractivity contribution in [1.82, 2.24) is 15.1 Å². The third-order valence-corrected chi connectivity index (χ3v) is 5.49. The minimum absolute atomic E-state index is 0.0290. The fraction of sp³-hybridized carbons (Fsp3) is 0.867. The smallest absolute Gasteiger partial charge is 0.317 e. The van der Waals surface area contributed by atoms with E-state index in [0.717, 1.165) is 26.1 Å². The van der Waals surface area contributed by atoms with Gasteiger partial charge in [0.2, 0.25) is 5.91 Å². The molecule has 0 aromatic rings. The molecule has 2 aliphatic rings. The van der Waals surface area contributed by atoms with E-state index in [0.29, 0.717) is 18.3 Å². The first-order valence-corrected chi connectivity index (χ1v) is 9.06. The topological polar surface area (TPSA) is 52.7 Å². The molecule has 0 aromatic heterocycles. The van der Waals surface area contributed by atoms with Gasteiger partial charge in [-0.15, -0.1) is 0 Å². The number of amides is 3. The molecule has 2 fully saturated rings. The van der Waals surface area contributed by atoms with Crippen molar-refractivity contribution in [1.29, 1.82) is 0 Å². The van der Waals surface area contributed by atoms with E-state index >= 15 is 0 Å². The van der Waals surface area contributed by atoms with E-state index in [9.17, 15) is 9.59 Å². The number of hydrogen-bond acceptors (Lipinski definition) is 3. The van der Waals surface area contributed by atoms with Crippen molar-refractivity contribution >= 4 is 23.7 Å². The van der Waals surface area contributed by atoms with Crippen LogP contribution in [0.3, 0.4) is 0 Å². The van der Waals surface area contributed by atoms with Crippen LogP contribution in [-0.4, -0.2) is 65.5 Å². The molecule has 5 nitrogen and oxygen atoms in total. The van der Waals surface area contributed by atoms with Crippen LogP contribution in [0.5, 0.6) is 0 Å². The number of carbonyl (C=O) groups excluding carboxylic acids is 2. The lowest BCUT2D eigenvalue weighted by Gasteiger charge is -2.24. The Hall–Kier alpha value is -0.910. The van der Waals surface area contributed by atoms with Gasteiger partial charge in [0.05, 0.1) is 0 Å². The van der Waals surface area contributed by atoms with Crippen LogP contribution >= 0.6 is 11.8 Å². The van der Waals surface area contributed by atoms with Gasteiger partial charge in [-0.2, -0.15) is 11.8 Å². The number of nitrogens with zero attached hydrogens (tertiary/aromatic N) is 2. The van der Waals surface area contributed by atoms with Crippen molar-refractivity contribution in [3.05, 3.63) is 0 Å². The molecule has 120 valence electrons. The standard InChI is InChI=1S/C15H27N3O2S/c1-12(2)14(19)17-6-4-7-18(9-8-17)15(20)16-11-13-5-3-10-21-13/h12-13H,3-11H2,1-2H3,(H,16,20). The second-order valence-corrected chi connectivity index (χ2v) is 7.55. The average Bonchev–Trinajstić information content (AvgIpc) is 2.86. The van der Waals surface area contributed by atoms with E-state index in [1.807, 2.05) is 35.4 Å². The van der Waals surface area contributed by atoms with Crippen LogP contribution in [0.25, 0.3) is 0 Å². The molecule has 3 amide bonds. The lowest BCUT2D eigenvalue weighted by Crippen LogP contribution is -2.44. The van der Waals surface area contributed by atoms with Crippen molar-refractivity contribution in [3.8, 4) is 0 Å². The molecule has 0 bridgehead atoms. The second-order valence-electron chi connectivity index (χ2n) is 6.14. The summed E-state index contributed by atoms with van der Waals surface area (Å²) in [6.07, 6.45) is 3.34. The molecular weight excluding hydrogens is 286 g/mol. The van der Waals surface area contributed by atoms with Crippen molar-refractivity contribution in [2.24, 2.45) is 5.92 Å². The molecule has 2 heterocycles. The molecule has 0 radical (unpaired) electrons. The average molecular weight is 313 g/mol. The minimum atomic E-state index is 0.0290. The Labute approximate surface area is 131 Å². The zero-order valence-electron chi connectivity index (χ0n) is 13.1. The van der Waals surface area contributed by atoms with Gasteiger partial charge >= 0.3 is 6.03 Å². The summed E-state index contributed by atoms with van der Waals surface area (Å²) in [4.78, 5) is 28.0. The summed E-state index contributed by atoms with van der Waals surface area (Å²) < 4.78 is 0. The zero-order valence-corrected chi connectivity index (χ0v) is 14.0. The van der Waals surface area contributed by atoms with Crippen molar-refractivity contribution in [3.63, 3.8) is 0 Å². The lowest BCUT2D eigenvalue weighted by molar-refractivity contribution is -0.134. The fourth-order valence-corrected chi connectivity index (χ4v) is 4.03. The highest BCUT2D eigenvalue weighted by atomic mass is 32.2. The Morgan fingerprint density at radius 1 is 1.14 bits per heavy atom. The van der Waals surface area contributed by atoms with Gasteiger partial charge in [-0.05, 0) is 25.0 Å². The predicted molar refractivity (Wildman–Crippen MR) is 86.5 cm³/mol. The molecule has 0 saturated carbocycles. The molecule has 2 saturated heterocycles. The van der Waals surface area contributed by atoms with Crippen LogP contribution in [0.2, 0.25) is 0 Å². The first-order chi connectivity index (χ1) is 10.1. The van der Waals surface area contributed by atoms with Crippen LogP contribution in [0.4, 0.5) is 4.79 Å². The summed E-state index contributed by atoms with van der Waals surface area (Å²) in [7, 11) is 0. The highest BCUT2D eigenvalue weighted by Crippen LogP contribution is 2.25. The van der Waals surface area contributed by atoms with Crippen molar-refractivity contribution < 1.29 is 9.59 Å². The van der Waals surface area contributed by atoms with Gasteiger partial charge in [-0.25, -0.2) is 4.79 Å². The van der Waals surface area contributed by atoms with Crippen molar-refractivity contribution in [2.75, 3.05) is 38.5 Å². The first kappa shape index (κ1) is 16.5. The van der Waals surface area contributed by atoms with Gasteiger partial charge in [-0.1, -0.05) is 13.8 Å². The monoisotopic (exact) mass is 313 g/mol. The maximum absolute atomic E-state index is 12.2. The molecule has 0 aliphatic carbocycles. The van der Waals surface area contributed by atoms with Gasteiger partial charge in [0.1, 0.15) is 0 Å². The Kier molecular flexibility index (Phi) is 6.21. The summed E-state index contributed by atoms with van der Waals surface area (Å²) in [5, 5.41) is 3.63. The molecular formula is C15H27N3O2S. The number of carbonyl (C=O) groups is 2. The summed E-state index contributed by atoms with van der Waals surface area (Å²) in [6.45, 7) is 7.43. The normalized spacial score (nSPS) is 23.3. The van der Waals surface area contributed by atoms with E-state index < -0.39 is 0 Å². The number of nitrogens with one attached hydrogen (secondary N) is 1. The highest BCUT2D eigenvalue weighted by Gasteiger charge is 2.24. The number of thioether (sulfide) groups is 1. The van der Waals surface area contributed by atoms with Crippen LogP contribution in [0.15, 0.2) is 0 Å². The van der Waals surface area contributed by atoms with E-state index in [2.05, 4.69) is 5.32 Å². The molecule has 0 spiro atoms. The summed E-state index contributed by atoms with van der Waals surface area (Å²) in [6, 6.07) is 0.0290. The first-order valence-electron chi connectivity index (χ1n) is 8.01.